The van der Waals surface area contributed by atoms with E-state index < -0.39 is 40.2 Å². The molecule has 4 N–H and O–H groups in total. The van der Waals surface area contributed by atoms with Gasteiger partial charge in [-0.1, -0.05) is 5.16 Å². The van der Waals surface area contributed by atoms with Gasteiger partial charge in [-0.15, -0.1) is 0 Å². The lowest BCUT2D eigenvalue weighted by Gasteiger charge is -2.29. The van der Waals surface area contributed by atoms with E-state index in [0.29, 0.717) is 18.1 Å². The van der Waals surface area contributed by atoms with Gasteiger partial charge in [-0.2, -0.15) is 4.98 Å². The van der Waals surface area contributed by atoms with Crippen LogP contribution in [0.1, 0.15) is 54.0 Å². The van der Waals surface area contributed by atoms with Crippen LogP contribution in [0.2, 0.25) is 0 Å². The highest BCUT2D eigenvalue weighted by Gasteiger charge is 2.56. The molecule has 2 aliphatic rings. The second-order valence-corrected chi connectivity index (χ2v) is 9.08. The molecule has 0 radical (unpaired) electrons. The normalized spacial score (nSPS) is 19.5. The summed E-state index contributed by atoms with van der Waals surface area (Å²) in [6.45, 7) is 7.30. The van der Waals surface area contributed by atoms with Crippen molar-refractivity contribution in [1.82, 2.24) is 20.8 Å². The number of aromatic hydroxyl groups is 2. The molecule has 0 fully saturated rings. The number of nitrogens with one attached hydrogen (secondary N) is 2. The van der Waals surface area contributed by atoms with Gasteiger partial charge in [0.05, 0.1) is 17.7 Å². The number of allylic oxidation sites excluding steroid dienone is 4. The van der Waals surface area contributed by atoms with Crippen LogP contribution in [0.4, 0.5) is 0 Å². The first-order chi connectivity index (χ1) is 17.4. The number of ether oxygens (including phenoxy) is 1. The highest BCUT2D eigenvalue weighted by Crippen LogP contribution is 2.57. The van der Waals surface area contributed by atoms with Gasteiger partial charge in [0.25, 0.3) is 0 Å². The van der Waals surface area contributed by atoms with Crippen LogP contribution in [0.5, 0.6) is 17.2 Å². The van der Waals surface area contributed by atoms with Gasteiger partial charge in [-0.3, -0.25) is 19.2 Å². The van der Waals surface area contributed by atoms with Crippen LogP contribution in [-0.2, 0) is 26.2 Å². The molecule has 1 atom stereocenters. The minimum atomic E-state index is -1.63. The quantitative estimate of drug-likeness (QED) is 0.239. The molecule has 1 aliphatic heterocycles. The first-order valence-electron chi connectivity index (χ1n) is 11.5. The fraction of sp³-hybridized carbons (Fsp3) is 0.360. The van der Waals surface area contributed by atoms with Gasteiger partial charge in [0.2, 0.25) is 11.8 Å². The Morgan fingerprint density at radius 1 is 1.11 bits per heavy atom. The number of phenolic OH excluding ortho intramolecular Hbond substituents is 2. The van der Waals surface area contributed by atoms with Crippen molar-refractivity contribution in [3.63, 3.8) is 0 Å². The predicted octanol–water partition coefficient (Wildman–Crippen LogP) is 1.21. The van der Waals surface area contributed by atoms with Gasteiger partial charge >= 0.3 is 0 Å². The number of rotatable bonds is 7. The molecule has 12 nitrogen and oxygen atoms in total. The van der Waals surface area contributed by atoms with Crippen molar-refractivity contribution in [2.45, 2.75) is 46.5 Å². The molecule has 2 aromatic rings. The van der Waals surface area contributed by atoms with Crippen molar-refractivity contribution in [1.29, 1.82) is 0 Å². The number of aryl methyl sites for hydroxylation is 1. The molecular formula is C25H26N4O8. The second kappa shape index (κ2) is 9.19. The Hall–Kier alpha value is -4.48. The second-order valence-electron chi connectivity index (χ2n) is 9.08. The molecule has 0 saturated carbocycles. The Kier molecular flexibility index (Phi) is 6.36. The largest absolute Gasteiger partial charge is 0.507 e. The van der Waals surface area contributed by atoms with E-state index in [9.17, 15) is 29.4 Å². The summed E-state index contributed by atoms with van der Waals surface area (Å²) in [5.74, 6) is -2.48. The molecule has 2 heterocycles. The zero-order valence-electron chi connectivity index (χ0n) is 20.9. The minimum Gasteiger partial charge on any atom is -0.507 e. The number of aromatic nitrogens is 2. The molecule has 0 unspecified atom stereocenters. The molecule has 0 bridgehead atoms. The zero-order valence-corrected chi connectivity index (χ0v) is 20.9. The van der Waals surface area contributed by atoms with Crippen LogP contribution in [0, 0.1) is 13.8 Å². The van der Waals surface area contributed by atoms with Gasteiger partial charge in [0.1, 0.15) is 34.0 Å². The number of amides is 1. The van der Waals surface area contributed by atoms with Crippen molar-refractivity contribution in [3.8, 4) is 17.2 Å². The van der Waals surface area contributed by atoms with Crippen LogP contribution >= 0.6 is 0 Å². The fourth-order valence-corrected chi connectivity index (χ4v) is 4.48. The van der Waals surface area contributed by atoms with E-state index in [-0.39, 0.29) is 52.6 Å². The lowest BCUT2D eigenvalue weighted by molar-refractivity contribution is -0.124. The molecule has 0 spiro atoms. The number of ketones is 3. The topological polar surface area (TPSA) is 181 Å². The van der Waals surface area contributed by atoms with Gasteiger partial charge in [-0.25, -0.2) is 0 Å². The molecule has 12 heteroatoms. The SMILES string of the molecule is CC(=O)c1c(O)c(C)c(O)c2c1OC1=CC(=O)/C(=C(/C)NCC(=O)NCCc3nc(C)no3)C(=O)[C@]12C. The van der Waals surface area contributed by atoms with Crippen LogP contribution in [-0.4, -0.2) is 56.7 Å². The number of carbonyl (C=O) groups excluding carboxylic acids is 4. The fourth-order valence-electron chi connectivity index (χ4n) is 4.48. The van der Waals surface area contributed by atoms with Crippen LogP contribution in [0.3, 0.4) is 0 Å². The minimum absolute atomic E-state index is 0.00365. The van der Waals surface area contributed by atoms with Crippen molar-refractivity contribution in [3.05, 3.63) is 51.5 Å². The molecule has 1 aromatic heterocycles. The number of Topliss-reactive ketones (excluding diaryl/α,β-unsaturated/α-hetero) is 2. The summed E-state index contributed by atoms with van der Waals surface area (Å²) >= 11 is 0. The first kappa shape index (κ1) is 25.6. The van der Waals surface area contributed by atoms with E-state index in [2.05, 4.69) is 20.8 Å². The van der Waals surface area contributed by atoms with Crippen LogP contribution in [0.15, 0.2) is 27.6 Å². The van der Waals surface area contributed by atoms with Crippen molar-refractivity contribution in [2.24, 2.45) is 0 Å². The number of carbonyl (C=O) groups is 4. The third-order valence-corrected chi connectivity index (χ3v) is 6.50. The summed E-state index contributed by atoms with van der Waals surface area (Å²) < 4.78 is 10.7. The standard InChI is InChI=1S/C25H26N4O8/c1-10-21(33)19(12(3)30)23-20(22(10)34)25(5)15(36-23)8-14(31)18(24(25)35)11(2)27-9-16(32)26-7-6-17-28-13(4)29-37-17/h8,27,33-34H,6-7,9H2,1-5H3,(H,26,32)/b18-11+/t25-/m1/s1. The number of hydrogen-bond donors (Lipinski definition) is 4. The smallest absolute Gasteiger partial charge is 0.239 e. The summed E-state index contributed by atoms with van der Waals surface area (Å²) in [5, 5.41) is 30.4. The monoisotopic (exact) mass is 510 g/mol. The molecule has 4 rings (SSSR count). The van der Waals surface area contributed by atoms with Gasteiger partial charge in [-0.05, 0) is 34.6 Å². The number of benzene rings is 1. The van der Waals surface area contributed by atoms with Gasteiger partial charge in [0.15, 0.2) is 23.2 Å². The summed E-state index contributed by atoms with van der Waals surface area (Å²) in [5.41, 5.74) is -1.87. The van der Waals surface area contributed by atoms with Crippen LogP contribution in [0.25, 0.3) is 0 Å². The molecule has 37 heavy (non-hydrogen) atoms. The molecular weight excluding hydrogens is 484 g/mol. The summed E-state index contributed by atoms with van der Waals surface area (Å²) in [6, 6.07) is 0. The Labute approximate surface area is 211 Å². The van der Waals surface area contributed by atoms with Crippen molar-refractivity contribution >= 4 is 23.3 Å². The molecule has 1 amide bonds. The Morgan fingerprint density at radius 3 is 2.43 bits per heavy atom. The van der Waals surface area contributed by atoms with E-state index in [1.165, 1.54) is 27.7 Å². The Bertz CT molecular complexity index is 1430. The average molecular weight is 511 g/mol. The maximum absolute atomic E-state index is 13.7. The highest BCUT2D eigenvalue weighted by atomic mass is 16.5. The predicted molar refractivity (Wildman–Crippen MR) is 127 cm³/mol. The average Bonchev–Trinajstić information content (AvgIpc) is 3.37. The maximum Gasteiger partial charge on any atom is 0.239 e. The zero-order chi connectivity index (χ0) is 27.2. The first-order valence-corrected chi connectivity index (χ1v) is 11.5. The maximum atomic E-state index is 13.7. The summed E-state index contributed by atoms with van der Waals surface area (Å²) in [4.78, 5) is 55.2. The number of nitrogens with zero attached hydrogens (tertiary/aromatic N) is 2. The molecule has 1 aliphatic carbocycles. The lowest BCUT2D eigenvalue weighted by atomic mass is 9.70. The van der Waals surface area contributed by atoms with Gasteiger partial charge in [0, 0.05) is 30.3 Å². The van der Waals surface area contributed by atoms with E-state index in [1.807, 2.05) is 0 Å². The van der Waals surface area contributed by atoms with Crippen molar-refractivity contribution < 1.29 is 38.7 Å². The third kappa shape index (κ3) is 4.13. The van der Waals surface area contributed by atoms with E-state index in [4.69, 9.17) is 9.26 Å². The highest BCUT2D eigenvalue weighted by molar-refractivity contribution is 6.31. The number of phenols is 2. The summed E-state index contributed by atoms with van der Waals surface area (Å²) in [7, 11) is 0. The molecule has 1 aromatic carbocycles. The van der Waals surface area contributed by atoms with E-state index in [0.717, 1.165) is 6.08 Å². The Balaban J connectivity index is 1.58. The third-order valence-electron chi connectivity index (χ3n) is 6.50. The summed E-state index contributed by atoms with van der Waals surface area (Å²) in [6.07, 6.45) is 1.46. The number of hydrogen-bond acceptors (Lipinski definition) is 11. The molecule has 194 valence electrons. The number of fused-ring (bicyclic) bond motifs is 3. The van der Waals surface area contributed by atoms with Gasteiger partial charge < -0.3 is 30.1 Å². The van der Waals surface area contributed by atoms with E-state index >= 15 is 0 Å². The van der Waals surface area contributed by atoms with Crippen molar-refractivity contribution in [2.75, 3.05) is 13.1 Å². The Morgan fingerprint density at radius 2 is 1.81 bits per heavy atom. The lowest BCUT2D eigenvalue weighted by Crippen LogP contribution is -2.42. The van der Waals surface area contributed by atoms with Crippen LogP contribution < -0.4 is 15.4 Å². The molecule has 0 saturated heterocycles. The van der Waals surface area contributed by atoms with E-state index in [1.54, 1.807) is 6.92 Å².